The third kappa shape index (κ3) is 3.95. The van der Waals surface area contributed by atoms with Crippen LogP contribution in [0.4, 0.5) is 5.95 Å². The van der Waals surface area contributed by atoms with Crippen LogP contribution in [-0.4, -0.2) is 32.1 Å². The Kier molecular flexibility index (Phi) is 5.46. The third-order valence-corrected chi connectivity index (χ3v) is 6.30. The largest absolute Gasteiger partial charge is 0.494 e. The second-order valence-electron chi connectivity index (χ2n) is 7.47. The molecule has 1 aliphatic carbocycles. The molecule has 7 nitrogen and oxygen atoms in total. The van der Waals surface area contributed by atoms with Crippen molar-refractivity contribution >= 4 is 23.5 Å². The van der Waals surface area contributed by atoms with E-state index >= 15 is 0 Å². The summed E-state index contributed by atoms with van der Waals surface area (Å²) in [5.74, 6) is 2.35. The first-order valence-electron chi connectivity index (χ1n) is 10.5. The first kappa shape index (κ1) is 19.8. The minimum absolute atomic E-state index is 0.177. The molecule has 158 valence electrons. The summed E-state index contributed by atoms with van der Waals surface area (Å²) in [6.07, 6.45) is 4.06. The number of ether oxygens (including phenoxy) is 1. The number of nitrogens with one attached hydrogen (secondary N) is 1. The highest BCUT2D eigenvalue weighted by Crippen LogP contribution is 2.41. The number of allylic oxidation sites excluding steroid dienone is 2. The molecule has 0 bridgehead atoms. The molecule has 2 aliphatic rings. The molecule has 0 spiro atoms. The number of aromatic nitrogens is 4. The second kappa shape index (κ2) is 8.55. The van der Waals surface area contributed by atoms with Crippen molar-refractivity contribution in [2.75, 3.05) is 11.9 Å². The van der Waals surface area contributed by atoms with Crippen LogP contribution in [0, 0.1) is 0 Å². The maximum Gasteiger partial charge on any atom is 0.227 e. The number of fused-ring (bicyclic) bond motifs is 1. The van der Waals surface area contributed by atoms with Crippen molar-refractivity contribution in [2.45, 2.75) is 43.1 Å². The number of Topliss-reactive ketones (excluding diaryl/α,β-unsaturated/α-hetero) is 1. The summed E-state index contributed by atoms with van der Waals surface area (Å²) in [5.41, 5.74) is 3.74. The third-order valence-electron chi connectivity index (χ3n) is 5.43. The molecule has 2 aromatic heterocycles. The van der Waals surface area contributed by atoms with Crippen molar-refractivity contribution in [3.63, 3.8) is 0 Å². The fraction of sp³-hybridized carbons (Fsp3) is 0.304. The molecule has 3 heterocycles. The van der Waals surface area contributed by atoms with E-state index in [-0.39, 0.29) is 11.8 Å². The lowest BCUT2D eigenvalue weighted by atomic mass is 9.85. The van der Waals surface area contributed by atoms with Gasteiger partial charge in [-0.15, -0.1) is 5.10 Å². The fourth-order valence-electron chi connectivity index (χ4n) is 4.04. The maximum atomic E-state index is 12.9. The van der Waals surface area contributed by atoms with Crippen molar-refractivity contribution < 1.29 is 9.53 Å². The number of ketones is 1. The zero-order valence-corrected chi connectivity index (χ0v) is 18.1. The van der Waals surface area contributed by atoms with Crippen LogP contribution >= 0.6 is 11.8 Å². The van der Waals surface area contributed by atoms with Crippen LogP contribution in [0.25, 0.3) is 0 Å². The van der Waals surface area contributed by atoms with Crippen molar-refractivity contribution in [2.24, 2.45) is 0 Å². The Bertz CT molecular complexity index is 1120. The van der Waals surface area contributed by atoms with E-state index in [1.54, 1.807) is 6.20 Å². The number of hydrogen-bond acceptors (Lipinski definition) is 7. The van der Waals surface area contributed by atoms with Gasteiger partial charge in [0.05, 0.1) is 12.3 Å². The average Bonchev–Trinajstić information content (AvgIpc) is 3.21. The predicted octanol–water partition coefficient (Wildman–Crippen LogP) is 4.39. The van der Waals surface area contributed by atoms with E-state index in [2.05, 4.69) is 10.3 Å². The van der Waals surface area contributed by atoms with Gasteiger partial charge in [-0.25, -0.2) is 4.68 Å². The summed E-state index contributed by atoms with van der Waals surface area (Å²) in [5, 5.41) is 8.81. The average molecular weight is 434 g/mol. The summed E-state index contributed by atoms with van der Waals surface area (Å²) in [6, 6.07) is 13.5. The number of pyridine rings is 1. The van der Waals surface area contributed by atoms with Gasteiger partial charge in [0.2, 0.25) is 11.1 Å². The van der Waals surface area contributed by atoms with Gasteiger partial charge in [0.15, 0.2) is 5.78 Å². The van der Waals surface area contributed by atoms with E-state index in [1.807, 2.05) is 54.1 Å². The Morgan fingerprint density at radius 1 is 1.19 bits per heavy atom. The van der Waals surface area contributed by atoms with Crippen molar-refractivity contribution in [3.8, 4) is 5.75 Å². The molecule has 1 N–H and O–H groups in total. The van der Waals surface area contributed by atoms with Gasteiger partial charge in [0.25, 0.3) is 0 Å². The van der Waals surface area contributed by atoms with Crippen LogP contribution in [-0.2, 0) is 10.5 Å². The number of carbonyl (C=O) groups excluding carboxylic acids is 1. The molecule has 1 aromatic carbocycles. The molecule has 3 aromatic rings. The highest BCUT2D eigenvalue weighted by molar-refractivity contribution is 7.98. The highest BCUT2D eigenvalue weighted by atomic mass is 32.2. The van der Waals surface area contributed by atoms with E-state index in [0.29, 0.717) is 29.9 Å². The summed E-state index contributed by atoms with van der Waals surface area (Å²) in [4.78, 5) is 22.0. The van der Waals surface area contributed by atoms with E-state index in [9.17, 15) is 4.79 Å². The summed E-state index contributed by atoms with van der Waals surface area (Å²) < 4.78 is 7.43. The lowest BCUT2D eigenvalue weighted by Crippen LogP contribution is -2.31. The van der Waals surface area contributed by atoms with Gasteiger partial charge in [-0.2, -0.15) is 4.98 Å². The predicted molar refractivity (Wildman–Crippen MR) is 119 cm³/mol. The quantitative estimate of drug-likeness (QED) is 0.578. The number of benzene rings is 1. The van der Waals surface area contributed by atoms with Crippen LogP contribution < -0.4 is 10.1 Å². The molecule has 0 unspecified atom stereocenters. The first-order chi connectivity index (χ1) is 15.2. The van der Waals surface area contributed by atoms with Crippen molar-refractivity contribution in [3.05, 3.63) is 71.2 Å². The topological polar surface area (TPSA) is 81.9 Å². The Labute approximate surface area is 184 Å². The molecule has 8 heteroatoms. The normalized spacial score (nSPS) is 17.7. The SMILES string of the molecule is CCOc1ccc([C@@H]2C3=C(CCCC3=O)Nc3nc(SCc4ccccn4)nn32)cc1. The molecule has 0 fully saturated rings. The smallest absolute Gasteiger partial charge is 0.227 e. The van der Waals surface area contributed by atoms with Gasteiger partial charge < -0.3 is 10.1 Å². The number of anilines is 1. The molecule has 31 heavy (non-hydrogen) atoms. The van der Waals surface area contributed by atoms with E-state index in [1.165, 1.54) is 11.8 Å². The van der Waals surface area contributed by atoms with E-state index < -0.39 is 0 Å². The summed E-state index contributed by atoms with van der Waals surface area (Å²) in [7, 11) is 0. The van der Waals surface area contributed by atoms with Crippen LogP contribution in [0.15, 0.2) is 65.1 Å². The Hall–Kier alpha value is -3.13. The molecule has 1 aliphatic heterocycles. The molecular formula is C23H23N5O2S. The standard InChI is InChI=1S/C23H23N5O2S/c1-2-30-17-11-9-15(10-12-17)21-20-18(7-5-8-19(20)29)25-22-26-23(27-28(21)22)31-14-16-6-3-4-13-24-16/h3-4,6,9-13,21H,2,5,7-8,14H2,1H3,(H,25,26,27)/t21-/m1/s1. The number of hydrogen-bond donors (Lipinski definition) is 1. The van der Waals surface area contributed by atoms with E-state index in [0.717, 1.165) is 41.1 Å². The Morgan fingerprint density at radius 3 is 2.84 bits per heavy atom. The zero-order valence-electron chi connectivity index (χ0n) is 17.2. The van der Waals surface area contributed by atoms with Gasteiger partial charge in [-0.3, -0.25) is 9.78 Å². The zero-order chi connectivity index (χ0) is 21.2. The number of rotatable bonds is 6. The van der Waals surface area contributed by atoms with Crippen LogP contribution in [0.1, 0.15) is 43.5 Å². The molecular weight excluding hydrogens is 410 g/mol. The number of thioether (sulfide) groups is 1. The molecule has 5 rings (SSSR count). The second-order valence-corrected chi connectivity index (χ2v) is 8.41. The lowest BCUT2D eigenvalue weighted by molar-refractivity contribution is -0.116. The molecule has 0 amide bonds. The number of carbonyl (C=O) groups is 1. The minimum atomic E-state index is -0.286. The van der Waals surface area contributed by atoms with Crippen LogP contribution in [0.5, 0.6) is 5.75 Å². The van der Waals surface area contributed by atoms with Crippen LogP contribution in [0.3, 0.4) is 0 Å². The number of nitrogens with zero attached hydrogens (tertiary/aromatic N) is 4. The molecule has 0 saturated carbocycles. The van der Waals surface area contributed by atoms with Crippen molar-refractivity contribution in [1.29, 1.82) is 0 Å². The molecule has 1 atom stereocenters. The summed E-state index contributed by atoms with van der Waals surface area (Å²) >= 11 is 1.54. The highest BCUT2D eigenvalue weighted by Gasteiger charge is 2.36. The van der Waals surface area contributed by atoms with Gasteiger partial charge in [0.1, 0.15) is 11.8 Å². The monoisotopic (exact) mass is 433 g/mol. The van der Waals surface area contributed by atoms with Gasteiger partial charge in [-0.1, -0.05) is 30.0 Å². The van der Waals surface area contributed by atoms with E-state index in [4.69, 9.17) is 14.8 Å². The van der Waals surface area contributed by atoms with Crippen molar-refractivity contribution in [1.82, 2.24) is 19.7 Å². The van der Waals surface area contributed by atoms with Gasteiger partial charge >= 0.3 is 0 Å². The van der Waals surface area contributed by atoms with Gasteiger partial charge in [0, 0.05) is 29.6 Å². The van der Waals surface area contributed by atoms with Crippen LogP contribution in [0.2, 0.25) is 0 Å². The molecule has 0 radical (unpaired) electrons. The molecule has 0 saturated heterocycles. The van der Waals surface area contributed by atoms with Gasteiger partial charge in [-0.05, 0) is 49.6 Å². The Morgan fingerprint density at radius 2 is 2.06 bits per heavy atom. The first-order valence-corrected chi connectivity index (χ1v) is 11.5. The lowest BCUT2D eigenvalue weighted by Gasteiger charge is -2.32. The maximum absolute atomic E-state index is 12.9. The Balaban J connectivity index is 1.49. The fourth-order valence-corrected chi connectivity index (χ4v) is 4.79. The minimum Gasteiger partial charge on any atom is -0.494 e. The summed E-state index contributed by atoms with van der Waals surface area (Å²) in [6.45, 7) is 2.58.